The van der Waals surface area contributed by atoms with E-state index >= 15 is 0 Å². The molecule has 2 aromatic carbocycles. The number of aromatic nitrogens is 4. The predicted octanol–water partition coefficient (Wildman–Crippen LogP) is 2.10. The third-order valence-corrected chi connectivity index (χ3v) is 6.48. The van der Waals surface area contributed by atoms with Crippen LogP contribution in [0.25, 0.3) is 11.2 Å². The molecule has 3 heterocycles. The van der Waals surface area contributed by atoms with Crippen molar-refractivity contribution in [1.29, 1.82) is 0 Å². The van der Waals surface area contributed by atoms with Gasteiger partial charge in [0.1, 0.15) is 0 Å². The first kappa shape index (κ1) is 21.2. The molecule has 0 radical (unpaired) electrons. The first-order valence-electron chi connectivity index (χ1n) is 11.3. The van der Waals surface area contributed by atoms with Gasteiger partial charge >= 0.3 is 5.69 Å². The highest BCUT2D eigenvalue weighted by Crippen LogP contribution is 2.23. The number of H-pyrrole nitrogens is 1. The van der Waals surface area contributed by atoms with Gasteiger partial charge < -0.3 is 4.90 Å². The van der Waals surface area contributed by atoms with Crippen molar-refractivity contribution in [2.75, 3.05) is 31.1 Å². The quantitative estimate of drug-likeness (QED) is 0.510. The normalized spacial score (nSPS) is 14.8. The van der Waals surface area contributed by atoms with Gasteiger partial charge in [-0.25, -0.2) is 4.79 Å². The molecule has 5 rings (SSSR count). The fourth-order valence-electron chi connectivity index (χ4n) is 4.52. The molecule has 1 N–H and O–H groups in total. The highest BCUT2D eigenvalue weighted by molar-refractivity contribution is 5.74. The van der Waals surface area contributed by atoms with E-state index in [-0.39, 0.29) is 0 Å². The van der Waals surface area contributed by atoms with Crippen LogP contribution < -0.4 is 16.1 Å². The van der Waals surface area contributed by atoms with E-state index in [4.69, 9.17) is 4.98 Å². The number of piperazine rings is 1. The van der Waals surface area contributed by atoms with Crippen LogP contribution >= 0.6 is 0 Å². The van der Waals surface area contributed by atoms with Crippen molar-refractivity contribution >= 4 is 17.1 Å². The molecule has 170 valence electrons. The van der Waals surface area contributed by atoms with E-state index in [1.54, 1.807) is 7.05 Å². The van der Waals surface area contributed by atoms with E-state index in [1.165, 1.54) is 10.1 Å². The van der Waals surface area contributed by atoms with Crippen LogP contribution in [-0.2, 0) is 20.1 Å². The largest absolute Gasteiger partial charge is 0.340 e. The third kappa shape index (κ3) is 4.09. The van der Waals surface area contributed by atoms with Gasteiger partial charge in [-0.15, -0.1) is 0 Å². The molecule has 0 atom stereocenters. The number of benzene rings is 2. The van der Waals surface area contributed by atoms with Crippen LogP contribution in [0.5, 0.6) is 0 Å². The summed E-state index contributed by atoms with van der Waals surface area (Å²) in [4.78, 5) is 37.0. The lowest BCUT2D eigenvalue weighted by molar-refractivity contribution is 0.248. The minimum absolute atomic E-state index is 0.400. The Morgan fingerprint density at radius 2 is 1.61 bits per heavy atom. The maximum Gasteiger partial charge on any atom is 0.329 e. The molecule has 1 aliphatic heterocycles. The van der Waals surface area contributed by atoms with Crippen molar-refractivity contribution in [2.45, 2.75) is 20.0 Å². The number of nitrogens with one attached hydrogen (secondary N) is 1. The molecule has 0 bridgehead atoms. The van der Waals surface area contributed by atoms with Crippen molar-refractivity contribution in [3.05, 3.63) is 92.1 Å². The fraction of sp³-hybridized carbons (Fsp3) is 0.320. The Hall–Kier alpha value is -3.65. The Bertz CT molecular complexity index is 1390. The second kappa shape index (κ2) is 8.71. The summed E-state index contributed by atoms with van der Waals surface area (Å²) in [5.41, 5.74) is 3.57. The molecule has 1 saturated heterocycles. The first-order chi connectivity index (χ1) is 16.0. The van der Waals surface area contributed by atoms with Gasteiger partial charge in [-0.2, -0.15) is 4.98 Å². The number of rotatable bonds is 5. The minimum atomic E-state index is -0.452. The van der Waals surface area contributed by atoms with E-state index in [0.717, 1.165) is 49.8 Å². The lowest BCUT2D eigenvalue weighted by Gasteiger charge is -2.35. The number of aryl methyl sites for hydroxylation is 2. The summed E-state index contributed by atoms with van der Waals surface area (Å²) in [5, 5.41) is 0. The number of aromatic amines is 1. The molecule has 0 unspecified atom stereocenters. The standard InChI is InChI=1S/C25H28N6O2/c1-18-8-6-7-11-20(18)17-31-21-22(28(2)25(33)27-23(21)32)26-24(31)30-14-12-29(13-15-30)16-19-9-4-3-5-10-19/h3-11H,12-17H2,1-2H3,(H,27,32,33). The van der Waals surface area contributed by atoms with Crippen molar-refractivity contribution in [3.63, 3.8) is 0 Å². The van der Waals surface area contributed by atoms with Gasteiger partial charge in [0, 0.05) is 39.8 Å². The number of fused-ring (bicyclic) bond motifs is 1. The van der Waals surface area contributed by atoms with Gasteiger partial charge in [-0.05, 0) is 23.6 Å². The second-order valence-electron chi connectivity index (χ2n) is 8.66. The zero-order valence-electron chi connectivity index (χ0n) is 19.0. The molecule has 33 heavy (non-hydrogen) atoms. The Balaban J connectivity index is 1.49. The van der Waals surface area contributed by atoms with Gasteiger partial charge in [0.15, 0.2) is 11.2 Å². The molecule has 0 aliphatic carbocycles. The SMILES string of the molecule is Cc1ccccc1Cn1c(N2CCN(Cc3ccccc3)CC2)nc2c1c(=O)[nH]c(=O)n2C. The van der Waals surface area contributed by atoms with Crippen LogP contribution in [0.4, 0.5) is 5.95 Å². The van der Waals surface area contributed by atoms with Crippen LogP contribution in [0.2, 0.25) is 0 Å². The maximum absolute atomic E-state index is 12.8. The molecular weight excluding hydrogens is 416 g/mol. The van der Waals surface area contributed by atoms with Crippen molar-refractivity contribution in [2.24, 2.45) is 7.05 Å². The van der Waals surface area contributed by atoms with E-state index in [1.807, 2.05) is 22.8 Å². The Kier molecular flexibility index (Phi) is 5.60. The highest BCUT2D eigenvalue weighted by Gasteiger charge is 2.25. The zero-order valence-corrected chi connectivity index (χ0v) is 19.0. The van der Waals surface area contributed by atoms with Gasteiger partial charge in [0.05, 0.1) is 6.54 Å². The maximum atomic E-state index is 12.8. The highest BCUT2D eigenvalue weighted by atomic mass is 16.2. The first-order valence-corrected chi connectivity index (χ1v) is 11.3. The topological polar surface area (TPSA) is 79.2 Å². The average Bonchev–Trinajstić information content (AvgIpc) is 3.20. The smallest absolute Gasteiger partial charge is 0.329 e. The number of hydrogen-bond acceptors (Lipinski definition) is 5. The minimum Gasteiger partial charge on any atom is -0.340 e. The zero-order chi connectivity index (χ0) is 22.9. The molecule has 0 saturated carbocycles. The third-order valence-electron chi connectivity index (χ3n) is 6.48. The second-order valence-corrected chi connectivity index (χ2v) is 8.66. The Morgan fingerprint density at radius 1 is 0.909 bits per heavy atom. The Labute approximate surface area is 191 Å². The average molecular weight is 445 g/mol. The van der Waals surface area contributed by atoms with Crippen LogP contribution in [0, 0.1) is 6.92 Å². The van der Waals surface area contributed by atoms with Gasteiger partial charge in [-0.1, -0.05) is 54.6 Å². The molecule has 2 aromatic heterocycles. The fourth-order valence-corrected chi connectivity index (χ4v) is 4.52. The molecule has 0 amide bonds. The van der Waals surface area contributed by atoms with Crippen LogP contribution in [0.1, 0.15) is 16.7 Å². The summed E-state index contributed by atoms with van der Waals surface area (Å²) >= 11 is 0. The van der Waals surface area contributed by atoms with Gasteiger partial charge in [0.2, 0.25) is 5.95 Å². The van der Waals surface area contributed by atoms with Crippen molar-refractivity contribution < 1.29 is 0 Å². The van der Waals surface area contributed by atoms with E-state index in [9.17, 15) is 9.59 Å². The summed E-state index contributed by atoms with van der Waals surface area (Å²) in [6.07, 6.45) is 0. The monoisotopic (exact) mass is 444 g/mol. The van der Waals surface area contributed by atoms with Gasteiger partial charge in [-0.3, -0.25) is 23.8 Å². The number of nitrogens with zero attached hydrogens (tertiary/aromatic N) is 5. The molecule has 0 spiro atoms. The number of imidazole rings is 1. The van der Waals surface area contributed by atoms with E-state index in [2.05, 4.69) is 58.1 Å². The van der Waals surface area contributed by atoms with Crippen molar-refractivity contribution in [3.8, 4) is 0 Å². The molecular formula is C25H28N6O2. The molecule has 8 nitrogen and oxygen atoms in total. The summed E-state index contributed by atoms with van der Waals surface area (Å²) in [6, 6.07) is 18.6. The predicted molar refractivity (Wildman–Crippen MR) is 130 cm³/mol. The summed E-state index contributed by atoms with van der Waals surface area (Å²) in [5.74, 6) is 0.735. The van der Waals surface area contributed by atoms with Crippen LogP contribution in [0.15, 0.2) is 64.2 Å². The number of hydrogen-bond donors (Lipinski definition) is 1. The van der Waals surface area contributed by atoms with E-state index < -0.39 is 11.2 Å². The summed E-state index contributed by atoms with van der Waals surface area (Å²) in [6.45, 7) is 6.91. The molecule has 8 heteroatoms. The molecule has 4 aromatic rings. The van der Waals surface area contributed by atoms with Gasteiger partial charge in [0.25, 0.3) is 5.56 Å². The molecule has 1 fully saturated rings. The van der Waals surface area contributed by atoms with Crippen LogP contribution in [0.3, 0.4) is 0 Å². The van der Waals surface area contributed by atoms with E-state index in [0.29, 0.717) is 17.7 Å². The Morgan fingerprint density at radius 3 is 2.33 bits per heavy atom. The van der Waals surface area contributed by atoms with Crippen LogP contribution in [-0.4, -0.2) is 50.2 Å². The summed E-state index contributed by atoms with van der Waals surface area (Å²) < 4.78 is 3.38. The number of anilines is 1. The summed E-state index contributed by atoms with van der Waals surface area (Å²) in [7, 11) is 1.65. The molecule has 1 aliphatic rings. The lowest BCUT2D eigenvalue weighted by Crippen LogP contribution is -2.47. The van der Waals surface area contributed by atoms with Crippen molar-refractivity contribution in [1.82, 2.24) is 24.0 Å². The lowest BCUT2D eigenvalue weighted by atomic mass is 10.1.